The van der Waals surface area contributed by atoms with Crippen molar-refractivity contribution >= 4 is 11.2 Å². The first kappa shape index (κ1) is 20.3. The monoisotopic (exact) mass is 418 g/mol. The highest BCUT2D eigenvalue weighted by molar-refractivity contribution is 7.91. The zero-order valence-electron chi connectivity index (χ0n) is 16.2. The smallest absolute Gasteiger partial charge is 0.161 e. The molecule has 0 radical (unpaired) electrons. The number of hydrogen-bond donors (Lipinski definition) is 0. The van der Waals surface area contributed by atoms with Crippen LogP contribution in [0.15, 0.2) is 107 Å². The lowest BCUT2D eigenvalue weighted by atomic mass is 10.0. The summed E-state index contributed by atoms with van der Waals surface area (Å²) in [6, 6.07) is 28.0. The standard InChI is InChI=1S/C26H20F2OS/c27-23-13-9-19(10-14-23)17-21-5-1-3-7-25(21)30(29)26-8-4-2-6-22(26)18-20-11-15-24(28)16-12-20/h1-16H,17-18H2. The van der Waals surface area contributed by atoms with Gasteiger partial charge < -0.3 is 4.55 Å². The quantitative estimate of drug-likeness (QED) is 0.336. The van der Waals surface area contributed by atoms with E-state index in [9.17, 15) is 13.3 Å². The van der Waals surface area contributed by atoms with Gasteiger partial charge in [0.15, 0.2) is 9.79 Å². The molecular weight excluding hydrogens is 398 g/mol. The van der Waals surface area contributed by atoms with Gasteiger partial charge in [-0.1, -0.05) is 60.7 Å². The first-order valence-electron chi connectivity index (χ1n) is 9.66. The van der Waals surface area contributed by atoms with Crippen LogP contribution in [-0.2, 0) is 24.0 Å². The second-order valence-corrected chi connectivity index (χ2v) is 8.51. The maximum atomic E-state index is 13.6. The average molecular weight is 419 g/mol. The van der Waals surface area contributed by atoms with Gasteiger partial charge in [0.25, 0.3) is 0 Å². The van der Waals surface area contributed by atoms with Crippen LogP contribution in [0.5, 0.6) is 0 Å². The summed E-state index contributed by atoms with van der Waals surface area (Å²) in [4.78, 5) is 1.49. The van der Waals surface area contributed by atoms with E-state index in [-0.39, 0.29) is 11.6 Å². The molecule has 4 aromatic rings. The van der Waals surface area contributed by atoms with Gasteiger partial charge in [-0.25, -0.2) is 8.78 Å². The van der Waals surface area contributed by atoms with Crippen molar-refractivity contribution in [1.29, 1.82) is 0 Å². The summed E-state index contributed by atoms with van der Waals surface area (Å²) in [7, 11) is 0. The molecule has 0 heterocycles. The Morgan fingerprint density at radius 1 is 0.533 bits per heavy atom. The van der Waals surface area contributed by atoms with Gasteiger partial charge in [-0.3, -0.25) is 0 Å². The Labute approximate surface area is 178 Å². The lowest BCUT2D eigenvalue weighted by Gasteiger charge is -2.17. The van der Waals surface area contributed by atoms with Gasteiger partial charge in [-0.15, -0.1) is 0 Å². The molecule has 0 atom stereocenters. The van der Waals surface area contributed by atoms with E-state index in [1.807, 2.05) is 48.5 Å². The molecule has 0 aliphatic carbocycles. The van der Waals surface area contributed by atoms with Crippen LogP contribution in [-0.4, -0.2) is 4.55 Å². The molecule has 0 fully saturated rings. The molecule has 4 aromatic carbocycles. The van der Waals surface area contributed by atoms with Gasteiger partial charge >= 0.3 is 0 Å². The molecule has 0 N–H and O–H groups in total. The molecule has 0 bridgehead atoms. The maximum absolute atomic E-state index is 13.6. The number of halogens is 2. The number of benzene rings is 4. The molecule has 30 heavy (non-hydrogen) atoms. The SMILES string of the molecule is [O-][S+](c1ccccc1Cc1ccc(F)cc1)c1ccccc1Cc1ccc(F)cc1. The highest BCUT2D eigenvalue weighted by Gasteiger charge is 2.22. The molecule has 0 saturated carbocycles. The fourth-order valence-electron chi connectivity index (χ4n) is 3.42. The van der Waals surface area contributed by atoms with Crippen LogP contribution in [0.2, 0.25) is 0 Å². The van der Waals surface area contributed by atoms with Crippen LogP contribution in [0.1, 0.15) is 22.3 Å². The summed E-state index contributed by atoms with van der Waals surface area (Å²) in [6.07, 6.45) is 1.14. The van der Waals surface area contributed by atoms with Crippen molar-refractivity contribution in [3.05, 3.63) is 131 Å². The third-order valence-corrected chi connectivity index (χ3v) is 6.56. The van der Waals surface area contributed by atoms with Crippen molar-refractivity contribution in [2.75, 3.05) is 0 Å². The molecule has 0 amide bonds. The largest absolute Gasteiger partial charge is 0.606 e. The second-order valence-electron chi connectivity index (χ2n) is 7.09. The van der Waals surface area contributed by atoms with E-state index < -0.39 is 11.2 Å². The van der Waals surface area contributed by atoms with E-state index in [1.165, 1.54) is 24.3 Å². The Bertz CT molecular complexity index is 1030. The van der Waals surface area contributed by atoms with Crippen molar-refractivity contribution in [2.24, 2.45) is 0 Å². The molecular formula is C26H20F2OS. The van der Waals surface area contributed by atoms with Gasteiger partial charge in [0.2, 0.25) is 0 Å². The van der Waals surface area contributed by atoms with Crippen molar-refractivity contribution in [3.63, 3.8) is 0 Å². The van der Waals surface area contributed by atoms with Crippen LogP contribution >= 0.6 is 0 Å². The summed E-state index contributed by atoms with van der Waals surface area (Å²) in [5.74, 6) is -0.546. The van der Waals surface area contributed by atoms with E-state index in [1.54, 1.807) is 24.3 Å². The highest BCUT2D eigenvalue weighted by atomic mass is 32.2. The molecule has 1 nitrogen and oxygen atoms in total. The third-order valence-electron chi connectivity index (χ3n) is 4.96. The van der Waals surface area contributed by atoms with E-state index in [4.69, 9.17) is 0 Å². The topological polar surface area (TPSA) is 23.1 Å². The molecule has 0 aromatic heterocycles. The minimum Gasteiger partial charge on any atom is -0.606 e. The van der Waals surface area contributed by atoms with Crippen LogP contribution in [0.3, 0.4) is 0 Å². The first-order chi connectivity index (χ1) is 14.6. The number of hydrogen-bond acceptors (Lipinski definition) is 1. The lowest BCUT2D eigenvalue weighted by Crippen LogP contribution is -2.09. The summed E-state index contributed by atoms with van der Waals surface area (Å²) < 4.78 is 40.0. The Morgan fingerprint density at radius 3 is 1.30 bits per heavy atom. The van der Waals surface area contributed by atoms with E-state index >= 15 is 0 Å². The van der Waals surface area contributed by atoms with Gasteiger partial charge in [0.1, 0.15) is 11.6 Å². The van der Waals surface area contributed by atoms with Crippen molar-refractivity contribution in [1.82, 2.24) is 0 Å². The Balaban J connectivity index is 1.64. The first-order valence-corrected chi connectivity index (χ1v) is 10.8. The Morgan fingerprint density at radius 2 is 0.900 bits per heavy atom. The highest BCUT2D eigenvalue weighted by Crippen LogP contribution is 2.29. The van der Waals surface area contributed by atoms with Crippen LogP contribution in [0.25, 0.3) is 0 Å². The molecule has 4 rings (SSSR count). The third kappa shape index (κ3) is 4.78. The summed E-state index contributed by atoms with van der Waals surface area (Å²) in [5, 5.41) is 0. The minimum absolute atomic E-state index is 0.273. The van der Waals surface area contributed by atoms with Crippen molar-refractivity contribution in [3.8, 4) is 0 Å². The predicted molar refractivity (Wildman–Crippen MR) is 116 cm³/mol. The number of rotatable bonds is 6. The van der Waals surface area contributed by atoms with E-state index in [2.05, 4.69) is 0 Å². The second kappa shape index (κ2) is 9.24. The molecule has 0 aliphatic rings. The van der Waals surface area contributed by atoms with Crippen LogP contribution in [0, 0.1) is 11.6 Å². The fraction of sp³-hybridized carbons (Fsp3) is 0.0769. The molecule has 150 valence electrons. The summed E-state index contributed by atoms with van der Waals surface area (Å²) >= 11 is -1.37. The molecule has 0 saturated heterocycles. The van der Waals surface area contributed by atoms with Gasteiger partial charge in [0, 0.05) is 35.1 Å². The molecule has 4 heteroatoms. The van der Waals surface area contributed by atoms with Crippen molar-refractivity contribution in [2.45, 2.75) is 22.6 Å². The molecule has 0 spiro atoms. The van der Waals surface area contributed by atoms with E-state index in [0.717, 1.165) is 32.0 Å². The Hall–Kier alpha value is -2.95. The molecule has 0 unspecified atom stereocenters. The normalized spacial score (nSPS) is 11.1. The zero-order chi connectivity index (χ0) is 20.9. The predicted octanol–water partition coefficient (Wildman–Crippen LogP) is 6.31. The lowest BCUT2D eigenvalue weighted by molar-refractivity contribution is 0.593. The minimum atomic E-state index is -1.37. The van der Waals surface area contributed by atoms with Crippen LogP contribution in [0.4, 0.5) is 8.78 Å². The van der Waals surface area contributed by atoms with E-state index in [0.29, 0.717) is 12.8 Å². The molecule has 0 aliphatic heterocycles. The fourth-order valence-corrected chi connectivity index (χ4v) is 4.82. The average Bonchev–Trinajstić information content (AvgIpc) is 2.77. The maximum Gasteiger partial charge on any atom is 0.161 e. The summed E-state index contributed by atoms with van der Waals surface area (Å²) in [6.45, 7) is 0. The Kier molecular flexibility index (Phi) is 6.26. The zero-order valence-corrected chi connectivity index (χ0v) is 17.0. The summed E-state index contributed by atoms with van der Waals surface area (Å²) in [5.41, 5.74) is 3.80. The van der Waals surface area contributed by atoms with Gasteiger partial charge in [-0.2, -0.15) is 0 Å². The van der Waals surface area contributed by atoms with Gasteiger partial charge in [-0.05, 0) is 47.5 Å². The van der Waals surface area contributed by atoms with Gasteiger partial charge in [0.05, 0.1) is 0 Å². The van der Waals surface area contributed by atoms with Crippen molar-refractivity contribution < 1.29 is 13.3 Å². The van der Waals surface area contributed by atoms with Crippen LogP contribution < -0.4 is 0 Å².